The van der Waals surface area contributed by atoms with Gasteiger partial charge in [-0.3, -0.25) is 0 Å². The molecule has 6 nitrogen and oxygen atoms in total. The Balaban J connectivity index is 1.68. The third-order valence-corrected chi connectivity index (χ3v) is 4.70. The minimum absolute atomic E-state index is 0.0232. The molecule has 1 N–H and O–H groups in total. The first kappa shape index (κ1) is 17.6. The molecule has 0 aliphatic carbocycles. The molecule has 1 aliphatic rings. The first-order valence-electron chi connectivity index (χ1n) is 8.71. The molecule has 1 saturated heterocycles. The molecule has 2 atom stereocenters. The molecule has 1 aliphatic heterocycles. The van der Waals surface area contributed by atoms with Crippen molar-refractivity contribution in [2.45, 2.75) is 52.3 Å². The molecular formula is C19H26N2O4. The van der Waals surface area contributed by atoms with Gasteiger partial charge in [-0.05, 0) is 51.8 Å². The molecule has 136 valence electrons. The second kappa shape index (κ2) is 7.35. The van der Waals surface area contributed by atoms with Crippen LogP contribution in [-0.2, 0) is 11.3 Å². The lowest BCUT2D eigenvalue weighted by atomic mass is 10.1. The van der Waals surface area contributed by atoms with E-state index in [0.717, 1.165) is 48.0 Å². The highest BCUT2D eigenvalue weighted by Crippen LogP contribution is 2.33. The van der Waals surface area contributed by atoms with Crippen molar-refractivity contribution >= 4 is 6.03 Å². The number of hydrogen-bond donors (Lipinski definition) is 1. The number of carbonyl (C=O) groups excluding carboxylic acids is 1. The Morgan fingerprint density at radius 2 is 2.20 bits per heavy atom. The van der Waals surface area contributed by atoms with E-state index in [4.69, 9.17) is 13.6 Å². The number of carbonyl (C=O) groups is 1. The van der Waals surface area contributed by atoms with Gasteiger partial charge in [0.2, 0.25) is 0 Å². The number of likely N-dealkylation sites (tertiary alicyclic amines) is 1. The summed E-state index contributed by atoms with van der Waals surface area (Å²) >= 11 is 0. The number of nitrogens with one attached hydrogen (secondary N) is 1. The quantitative estimate of drug-likeness (QED) is 0.879. The fraction of sp³-hybridized carbons (Fsp3) is 0.526. The van der Waals surface area contributed by atoms with Gasteiger partial charge in [0.25, 0.3) is 0 Å². The van der Waals surface area contributed by atoms with Crippen molar-refractivity contribution in [1.29, 1.82) is 0 Å². The summed E-state index contributed by atoms with van der Waals surface area (Å²) in [6.45, 7) is 6.98. The van der Waals surface area contributed by atoms with Crippen molar-refractivity contribution in [1.82, 2.24) is 10.2 Å². The van der Waals surface area contributed by atoms with Gasteiger partial charge in [-0.2, -0.15) is 0 Å². The molecule has 0 spiro atoms. The van der Waals surface area contributed by atoms with Crippen molar-refractivity contribution in [3.8, 4) is 0 Å². The molecule has 2 amide bonds. The summed E-state index contributed by atoms with van der Waals surface area (Å²) in [6.07, 6.45) is 1.88. The SMILES string of the molecule is COCc1ccc([C@@H]2CCCN2C(=O)N[C@@H](C)c2cc(C)oc2C)o1. The van der Waals surface area contributed by atoms with Crippen LogP contribution in [0.5, 0.6) is 0 Å². The van der Waals surface area contributed by atoms with Crippen LogP contribution in [0.25, 0.3) is 0 Å². The van der Waals surface area contributed by atoms with Gasteiger partial charge in [-0.15, -0.1) is 0 Å². The van der Waals surface area contributed by atoms with Crippen molar-refractivity contribution in [2.75, 3.05) is 13.7 Å². The van der Waals surface area contributed by atoms with Crippen LogP contribution in [0.3, 0.4) is 0 Å². The lowest BCUT2D eigenvalue weighted by Gasteiger charge is -2.25. The summed E-state index contributed by atoms with van der Waals surface area (Å²) < 4.78 is 16.5. The highest BCUT2D eigenvalue weighted by atomic mass is 16.5. The highest BCUT2D eigenvalue weighted by Gasteiger charge is 2.33. The van der Waals surface area contributed by atoms with E-state index in [2.05, 4.69) is 5.32 Å². The van der Waals surface area contributed by atoms with E-state index in [9.17, 15) is 4.79 Å². The average Bonchev–Trinajstić information content (AvgIpc) is 3.26. The highest BCUT2D eigenvalue weighted by molar-refractivity contribution is 5.75. The second-order valence-corrected chi connectivity index (χ2v) is 6.63. The number of methoxy groups -OCH3 is 1. The smallest absolute Gasteiger partial charge is 0.318 e. The molecule has 3 rings (SSSR count). The molecule has 6 heteroatoms. The molecule has 2 aromatic rings. The average molecular weight is 346 g/mol. The molecule has 0 radical (unpaired) electrons. The topological polar surface area (TPSA) is 67.8 Å². The molecule has 0 aromatic carbocycles. The van der Waals surface area contributed by atoms with E-state index in [1.165, 1.54) is 0 Å². The van der Waals surface area contributed by atoms with Gasteiger partial charge in [0.15, 0.2) is 0 Å². The van der Waals surface area contributed by atoms with E-state index < -0.39 is 0 Å². The normalized spacial score (nSPS) is 18.6. The number of ether oxygens (including phenoxy) is 1. The van der Waals surface area contributed by atoms with Crippen molar-refractivity contribution < 1.29 is 18.4 Å². The van der Waals surface area contributed by atoms with Crippen LogP contribution in [0.15, 0.2) is 27.0 Å². The number of amides is 2. The summed E-state index contributed by atoms with van der Waals surface area (Å²) in [5.74, 6) is 3.30. The summed E-state index contributed by atoms with van der Waals surface area (Å²) in [4.78, 5) is 14.6. The number of furan rings is 2. The Labute approximate surface area is 148 Å². The van der Waals surface area contributed by atoms with Crippen LogP contribution >= 0.6 is 0 Å². The minimum atomic E-state index is -0.105. The van der Waals surface area contributed by atoms with Gasteiger partial charge in [0, 0.05) is 19.2 Å². The van der Waals surface area contributed by atoms with Crippen LogP contribution in [0.2, 0.25) is 0 Å². The van der Waals surface area contributed by atoms with Crippen LogP contribution in [0, 0.1) is 13.8 Å². The number of nitrogens with zero attached hydrogens (tertiary/aromatic N) is 1. The molecule has 3 heterocycles. The van der Waals surface area contributed by atoms with Crippen LogP contribution in [0.4, 0.5) is 4.79 Å². The molecule has 25 heavy (non-hydrogen) atoms. The summed E-state index contributed by atoms with van der Waals surface area (Å²) in [6, 6.07) is 5.63. The molecule has 0 saturated carbocycles. The summed E-state index contributed by atoms with van der Waals surface area (Å²) in [5.41, 5.74) is 1.02. The van der Waals surface area contributed by atoms with E-state index >= 15 is 0 Å². The van der Waals surface area contributed by atoms with Gasteiger partial charge in [-0.25, -0.2) is 4.79 Å². The monoisotopic (exact) mass is 346 g/mol. The molecule has 1 fully saturated rings. The Kier molecular flexibility index (Phi) is 5.18. The van der Waals surface area contributed by atoms with Crippen LogP contribution in [-0.4, -0.2) is 24.6 Å². The Morgan fingerprint density at radius 3 is 2.88 bits per heavy atom. The van der Waals surface area contributed by atoms with Gasteiger partial charge >= 0.3 is 6.03 Å². The maximum Gasteiger partial charge on any atom is 0.318 e. The van der Waals surface area contributed by atoms with Gasteiger partial charge in [0.1, 0.15) is 29.6 Å². The van der Waals surface area contributed by atoms with Crippen LogP contribution < -0.4 is 5.32 Å². The number of urea groups is 1. The van der Waals surface area contributed by atoms with Gasteiger partial charge in [-0.1, -0.05) is 0 Å². The van der Waals surface area contributed by atoms with E-state index in [1.807, 2.05) is 43.9 Å². The fourth-order valence-corrected chi connectivity index (χ4v) is 3.53. The largest absolute Gasteiger partial charge is 0.466 e. The zero-order chi connectivity index (χ0) is 18.0. The van der Waals surface area contributed by atoms with Crippen molar-refractivity contribution in [3.05, 3.63) is 46.8 Å². The van der Waals surface area contributed by atoms with E-state index in [0.29, 0.717) is 6.61 Å². The second-order valence-electron chi connectivity index (χ2n) is 6.63. The van der Waals surface area contributed by atoms with Crippen molar-refractivity contribution in [3.63, 3.8) is 0 Å². The Morgan fingerprint density at radius 1 is 1.40 bits per heavy atom. The molecule has 2 aromatic heterocycles. The number of rotatable bonds is 5. The minimum Gasteiger partial charge on any atom is -0.466 e. The van der Waals surface area contributed by atoms with Gasteiger partial charge < -0.3 is 23.8 Å². The number of hydrogen-bond acceptors (Lipinski definition) is 4. The maximum atomic E-state index is 12.8. The molecule has 0 bridgehead atoms. The standard InChI is InChI=1S/C19H26N2O4/c1-12-10-16(14(3)24-12)13(2)20-19(22)21-9-5-6-17(21)18-8-7-15(25-18)11-23-4/h7-8,10,13,17H,5-6,9,11H2,1-4H3,(H,20,22)/t13-,17-/m0/s1. The first-order chi connectivity index (χ1) is 12.0. The molecule has 0 unspecified atom stereocenters. The lowest BCUT2D eigenvalue weighted by molar-refractivity contribution is 0.155. The predicted molar refractivity (Wildman–Crippen MR) is 93.2 cm³/mol. The fourth-order valence-electron chi connectivity index (χ4n) is 3.53. The van der Waals surface area contributed by atoms with E-state index in [1.54, 1.807) is 7.11 Å². The lowest BCUT2D eigenvalue weighted by Crippen LogP contribution is -2.40. The zero-order valence-electron chi connectivity index (χ0n) is 15.3. The number of aryl methyl sites for hydroxylation is 2. The first-order valence-corrected chi connectivity index (χ1v) is 8.71. The maximum absolute atomic E-state index is 12.8. The predicted octanol–water partition coefficient (Wildman–Crippen LogP) is 4.24. The van der Waals surface area contributed by atoms with Gasteiger partial charge in [0.05, 0.1) is 12.1 Å². The van der Waals surface area contributed by atoms with Crippen molar-refractivity contribution in [2.24, 2.45) is 0 Å². The van der Waals surface area contributed by atoms with Crippen LogP contribution in [0.1, 0.15) is 60.5 Å². The summed E-state index contributed by atoms with van der Waals surface area (Å²) in [5, 5.41) is 3.08. The summed E-state index contributed by atoms with van der Waals surface area (Å²) in [7, 11) is 1.64. The third-order valence-electron chi connectivity index (χ3n) is 4.70. The third kappa shape index (κ3) is 3.74. The molecular weight excluding hydrogens is 320 g/mol. The Bertz CT molecular complexity index is 734. The van der Waals surface area contributed by atoms with E-state index in [-0.39, 0.29) is 18.1 Å². The zero-order valence-corrected chi connectivity index (χ0v) is 15.3. The Hall–Kier alpha value is -2.21.